The molecule has 1 aromatic carbocycles. The molecule has 2 aromatic rings. The fourth-order valence-corrected chi connectivity index (χ4v) is 4.39. The van der Waals surface area contributed by atoms with Crippen LogP contribution in [0.3, 0.4) is 0 Å². The molecule has 2 atom stereocenters. The minimum absolute atomic E-state index is 0.101. The Bertz CT molecular complexity index is 845. The summed E-state index contributed by atoms with van der Waals surface area (Å²) in [5.74, 6) is -3.28. The second-order valence-electron chi connectivity index (χ2n) is 7.05. The van der Waals surface area contributed by atoms with E-state index in [1.807, 2.05) is 18.4 Å². The van der Waals surface area contributed by atoms with Crippen molar-refractivity contribution in [3.63, 3.8) is 0 Å². The maximum atomic E-state index is 13.9. The second-order valence-corrected chi connectivity index (χ2v) is 8.05. The molecule has 0 unspecified atom stereocenters. The normalized spacial score (nSPS) is 17.6. The Morgan fingerprint density at radius 1 is 1.22 bits per heavy atom. The van der Waals surface area contributed by atoms with E-state index in [1.165, 1.54) is 10.9 Å². The SMILES string of the molecule is CC(C)[C@H](NC(=O)c1c(F)cccc1F)C(=O)N1CCc2sccc2[C@H]1C. The zero-order valence-electron chi connectivity index (χ0n) is 15.5. The quantitative estimate of drug-likeness (QED) is 0.857. The van der Waals surface area contributed by atoms with Crippen LogP contribution in [0.25, 0.3) is 0 Å². The number of hydrogen-bond acceptors (Lipinski definition) is 3. The van der Waals surface area contributed by atoms with Crippen molar-refractivity contribution < 1.29 is 18.4 Å². The Balaban J connectivity index is 1.82. The number of carbonyl (C=O) groups excluding carboxylic acids is 2. The van der Waals surface area contributed by atoms with Crippen molar-refractivity contribution in [1.29, 1.82) is 0 Å². The average molecular weight is 392 g/mol. The number of amides is 2. The van der Waals surface area contributed by atoms with Crippen molar-refractivity contribution in [1.82, 2.24) is 10.2 Å². The van der Waals surface area contributed by atoms with Gasteiger partial charge in [0.1, 0.15) is 23.2 Å². The van der Waals surface area contributed by atoms with Crippen LogP contribution in [0.5, 0.6) is 0 Å². The molecule has 2 heterocycles. The lowest BCUT2D eigenvalue weighted by Gasteiger charge is -2.37. The maximum absolute atomic E-state index is 13.9. The summed E-state index contributed by atoms with van der Waals surface area (Å²) >= 11 is 1.68. The first-order valence-electron chi connectivity index (χ1n) is 8.93. The second kappa shape index (κ2) is 7.76. The smallest absolute Gasteiger partial charge is 0.257 e. The van der Waals surface area contributed by atoms with E-state index in [2.05, 4.69) is 5.32 Å². The zero-order chi connectivity index (χ0) is 19.7. The molecule has 0 spiro atoms. The van der Waals surface area contributed by atoms with Crippen molar-refractivity contribution >= 4 is 23.2 Å². The first-order chi connectivity index (χ1) is 12.8. The average Bonchev–Trinajstić information content (AvgIpc) is 3.08. The van der Waals surface area contributed by atoms with Gasteiger partial charge >= 0.3 is 0 Å². The molecule has 2 amide bonds. The van der Waals surface area contributed by atoms with Gasteiger partial charge in [-0.2, -0.15) is 0 Å². The van der Waals surface area contributed by atoms with Gasteiger partial charge in [-0.05, 0) is 48.4 Å². The standard InChI is InChI=1S/C20H22F2N2O2S/c1-11(2)18(23-19(25)17-14(21)5-4-6-15(17)22)20(26)24-9-7-16-13(12(24)3)8-10-27-16/h4-6,8,10-12,18H,7,9H2,1-3H3,(H,23,25)/t12-,18+/m1/s1. The summed E-state index contributed by atoms with van der Waals surface area (Å²) in [7, 11) is 0. The molecule has 4 nitrogen and oxygen atoms in total. The highest BCUT2D eigenvalue weighted by atomic mass is 32.1. The number of hydrogen-bond donors (Lipinski definition) is 1. The fourth-order valence-electron chi connectivity index (χ4n) is 3.43. The number of fused-ring (bicyclic) bond motifs is 1. The predicted octanol–water partition coefficient (Wildman–Crippen LogP) is 3.93. The minimum atomic E-state index is -0.947. The Morgan fingerprint density at radius 2 is 1.89 bits per heavy atom. The van der Waals surface area contributed by atoms with Crippen molar-refractivity contribution in [2.45, 2.75) is 39.3 Å². The fraction of sp³-hybridized carbons (Fsp3) is 0.400. The van der Waals surface area contributed by atoms with Crippen LogP contribution in [-0.4, -0.2) is 29.3 Å². The molecule has 144 valence electrons. The van der Waals surface area contributed by atoms with Crippen LogP contribution in [-0.2, 0) is 11.2 Å². The number of benzene rings is 1. The molecule has 0 aliphatic carbocycles. The molecule has 1 aliphatic heterocycles. The Labute approximate surface area is 161 Å². The van der Waals surface area contributed by atoms with Crippen LogP contribution in [0.2, 0.25) is 0 Å². The van der Waals surface area contributed by atoms with Crippen LogP contribution in [0.1, 0.15) is 47.6 Å². The topological polar surface area (TPSA) is 49.4 Å². The van der Waals surface area contributed by atoms with Crippen LogP contribution < -0.4 is 5.32 Å². The summed E-state index contributed by atoms with van der Waals surface area (Å²) < 4.78 is 27.8. The molecule has 1 aromatic heterocycles. The van der Waals surface area contributed by atoms with E-state index in [0.717, 1.165) is 24.1 Å². The summed E-state index contributed by atoms with van der Waals surface area (Å²) in [6, 6.07) is 4.29. The third kappa shape index (κ3) is 3.74. The molecule has 3 rings (SSSR count). The first kappa shape index (κ1) is 19.5. The molecule has 1 N–H and O–H groups in total. The number of thiophene rings is 1. The van der Waals surface area contributed by atoms with Crippen LogP contribution >= 0.6 is 11.3 Å². The third-order valence-electron chi connectivity index (χ3n) is 4.97. The van der Waals surface area contributed by atoms with Gasteiger partial charge in [-0.1, -0.05) is 19.9 Å². The van der Waals surface area contributed by atoms with Gasteiger partial charge in [0.05, 0.1) is 6.04 Å². The molecule has 0 fully saturated rings. The molecular weight excluding hydrogens is 370 g/mol. The lowest BCUT2D eigenvalue weighted by Crippen LogP contribution is -2.53. The van der Waals surface area contributed by atoms with Gasteiger partial charge < -0.3 is 10.2 Å². The van der Waals surface area contributed by atoms with Gasteiger partial charge in [0.15, 0.2) is 0 Å². The summed E-state index contributed by atoms with van der Waals surface area (Å²) in [5, 5.41) is 4.55. The number of nitrogens with zero attached hydrogens (tertiary/aromatic N) is 1. The largest absolute Gasteiger partial charge is 0.340 e. The Hall–Kier alpha value is -2.28. The monoisotopic (exact) mass is 392 g/mol. The Morgan fingerprint density at radius 3 is 2.52 bits per heavy atom. The molecule has 27 heavy (non-hydrogen) atoms. The van der Waals surface area contributed by atoms with Gasteiger partial charge in [-0.3, -0.25) is 9.59 Å². The number of nitrogens with one attached hydrogen (secondary N) is 1. The summed E-state index contributed by atoms with van der Waals surface area (Å²) in [5.41, 5.74) is 0.455. The van der Waals surface area contributed by atoms with Crippen molar-refractivity contribution in [2.24, 2.45) is 5.92 Å². The van der Waals surface area contributed by atoms with Crippen LogP contribution in [0.15, 0.2) is 29.6 Å². The summed E-state index contributed by atoms with van der Waals surface area (Å²) in [6.07, 6.45) is 0.768. The lowest BCUT2D eigenvalue weighted by molar-refractivity contribution is -0.136. The van der Waals surface area contributed by atoms with E-state index >= 15 is 0 Å². The zero-order valence-corrected chi connectivity index (χ0v) is 16.3. The number of rotatable bonds is 4. The van der Waals surface area contributed by atoms with E-state index in [4.69, 9.17) is 0 Å². The molecular formula is C20H22F2N2O2S. The van der Waals surface area contributed by atoms with E-state index in [1.54, 1.807) is 30.1 Å². The van der Waals surface area contributed by atoms with Crippen molar-refractivity contribution in [3.8, 4) is 0 Å². The van der Waals surface area contributed by atoms with Gasteiger partial charge in [0.2, 0.25) is 5.91 Å². The summed E-state index contributed by atoms with van der Waals surface area (Å²) in [6.45, 7) is 6.11. The third-order valence-corrected chi connectivity index (χ3v) is 5.97. The minimum Gasteiger partial charge on any atom is -0.340 e. The maximum Gasteiger partial charge on any atom is 0.257 e. The molecule has 1 aliphatic rings. The molecule has 0 saturated heterocycles. The predicted molar refractivity (Wildman–Crippen MR) is 101 cm³/mol. The first-order valence-corrected chi connectivity index (χ1v) is 9.80. The molecule has 0 saturated carbocycles. The highest BCUT2D eigenvalue weighted by molar-refractivity contribution is 7.10. The van der Waals surface area contributed by atoms with Gasteiger partial charge in [-0.25, -0.2) is 8.78 Å². The van der Waals surface area contributed by atoms with E-state index < -0.39 is 29.1 Å². The summed E-state index contributed by atoms with van der Waals surface area (Å²) in [4.78, 5) is 28.6. The Kier molecular flexibility index (Phi) is 5.60. The molecule has 0 radical (unpaired) electrons. The van der Waals surface area contributed by atoms with Crippen LogP contribution in [0.4, 0.5) is 8.78 Å². The highest BCUT2D eigenvalue weighted by Crippen LogP contribution is 2.33. The highest BCUT2D eigenvalue weighted by Gasteiger charge is 2.35. The van der Waals surface area contributed by atoms with Gasteiger partial charge in [0.25, 0.3) is 5.91 Å². The number of halogens is 2. The van der Waals surface area contributed by atoms with E-state index in [-0.39, 0.29) is 17.9 Å². The number of carbonyl (C=O) groups is 2. The van der Waals surface area contributed by atoms with Gasteiger partial charge in [0, 0.05) is 11.4 Å². The van der Waals surface area contributed by atoms with Crippen molar-refractivity contribution in [2.75, 3.05) is 6.54 Å². The lowest BCUT2D eigenvalue weighted by atomic mass is 9.96. The van der Waals surface area contributed by atoms with Crippen molar-refractivity contribution in [3.05, 3.63) is 57.3 Å². The van der Waals surface area contributed by atoms with E-state index in [0.29, 0.717) is 6.54 Å². The van der Waals surface area contributed by atoms with E-state index in [9.17, 15) is 18.4 Å². The van der Waals surface area contributed by atoms with Crippen LogP contribution in [0, 0.1) is 17.6 Å². The molecule has 0 bridgehead atoms. The van der Waals surface area contributed by atoms with Gasteiger partial charge in [-0.15, -0.1) is 11.3 Å². The molecule has 7 heteroatoms.